The van der Waals surface area contributed by atoms with E-state index in [1.807, 2.05) is 50.2 Å². The van der Waals surface area contributed by atoms with Crippen molar-refractivity contribution in [2.45, 2.75) is 44.0 Å². The quantitative estimate of drug-likeness (QED) is 0.537. The molecule has 0 amide bonds. The highest BCUT2D eigenvalue weighted by molar-refractivity contribution is 7.94. The first-order chi connectivity index (χ1) is 15.7. The van der Waals surface area contributed by atoms with Gasteiger partial charge in [-0.05, 0) is 69.7 Å². The molecule has 0 aliphatic carbocycles. The molecule has 9 heteroatoms. The van der Waals surface area contributed by atoms with E-state index >= 15 is 0 Å². The number of hydrogen-bond acceptors (Lipinski definition) is 7. The summed E-state index contributed by atoms with van der Waals surface area (Å²) in [7, 11) is -2.26. The van der Waals surface area contributed by atoms with E-state index in [-0.39, 0.29) is 4.21 Å². The molecule has 33 heavy (non-hydrogen) atoms. The molecule has 4 rings (SSSR count). The number of sulfonamides is 1. The molecule has 0 bridgehead atoms. The largest absolute Gasteiger partial charge is 0.495 e. The lowest BCUT2D eigenvalue weighted by Crippen LogP contribution is -2.54. The summed E-state index contributed by atoms with van der Waals surface area (Å²) in [5, 5.41) is 3.52. The van der Waals surface area contributed by atoms with Crippen LogP contribution in [0, 0.1) is 13.8 Å². The third kappa shape index (κ3) is 5.15. The average Bonchev–Trinajstić information content (AvgIpc) is 3.15. The Balaban J connectivity index is 1.65. The van der Waals surface area contributed by atoms with Crippen LogP contribution in [0.1, 0.15) is 25.1 Å². The first-order valence-electron chi connectivity index (χ1n) is 10.9. The van der Waals surface area contributed by atoms with Crippen molar-refractivity contribution < 1.29 is 13.2 Å². The summed E-state index contributed by atoms with van der Waals surface area (Å²) >= 11 is 1.22. The van der Waals surface area contributed by atoms with Crippen molar-refractivity contribution in [2.24, 2.45) is 0 Å². The molecular weight excluding hydrogens is 456 g/mol. The smallest absolute Gasteiger partial charge is 0.271 e. The number of methoxy groups -OCH3 is 1. The molecule has 1 aliphatic heterocycles. The van der Waals surface area contributed by atoms with E-state index in [1.54, 1.807) is 13.2 Å². The first-order valence-corrected chi connectivity index (χ1v) is 13.2. The summed E-state index contributed by atoms with van der Waals surface area (Å²) in [5.41, 5.74) is 3.93. The Kier molecular flexibility index (Phi) is 6.65. The van der Waals surface area contributed by atoms with Gasteiger partial charge in [0.25, 0.3) is 10.0 Å². The maximum absolute atomic E-state index is 13.3. The van der Waals surface area contributed by atoms with Crippen LogP contribution < -0.4 is 19.7 Å². The molecule has 1 aliphatic rings. The van der Waals surface area contributed by atoms with Gasteiger partial charge in [0.1, 0.15) is 9.96 Å². The number of rotatable bonds is 6. The predicted octanol–water partition coefficient (Wildman–Crippen LogP) is 4.42. The molecule has 0 spiro atoms. The Morgan fingerprint density at radius 3 is 2.52 bits per heavy atom. The van der Waals surface area contributed by atoms with E-state index in [0.717, 1.165) is 40.6 Å². The molecule has 1 aromatic carbocycles. The fourth-order valence-electron chi connectivity index (χ4n) is 4.21. The first kappa shape index (κ1) is 23.5. The van der Waals surface area contributed by atoms with Crippen LogP contribution >= 0.6 is 11.3 Å². The van der Waals surface area contributed by atoms with Gasteiger partial charge in [-0.3, -0.25) is 9.71 Å². The molecule has 176 valence electrons. The number of pyridine rings is 1. The second-order valence-electron chi connectivity index (χ2n) is 8.61. The van der Waals surface area contributed by atoms with Crippen molar-refractivity contribution in [1.82, 2.24) is 10.3 Å². The van der Waals surface area contributed by atoms with E-state index in [9.17, 15) is 8.42 Å². The second kappa shape index (κ2) is 9.32. The summed E-state index contributed by atoms with van der Waals surface area (Å²) < 4.78 is 35.1. The molecule has 0 unspecified atom stereocenters. The summed E-state index contributed by atoms with van der Waals surface area (Å²) in [4.78, 5) is 7.67. The van der Waals surface area contributed by atoms with Crippen molar-refractivity contribution in [2.75, 3.05) is 29.8 Å². The lowest BCUT2D eigenvalue weighted by Gasteiger charge is -2.38. The molecule has 2 atom stereocenters. The highest BCUT2D eigenvalue weighted by atomic mass is 32.2. The van der Waals surface area contributed by atoms with Crippen LogP contribution in [-0.2, 0) is 10.0 Å². The maximum Gasteiger partial charge on any atom is 0.271 e. The highest BCUT2D eigenvalue weighted by Crippen LogP contribution is 2.37. The van der Waals surface area contributed by atoms with E-state index in [4.69, 9.17) is 4.74 Å². The normalized spacial score (nSPS) is 18.9. The minimum Gasteiger partial charge on any atom is -0.495 e. The van der Waals surface area contributed by atoms with E-state index in [0.29, 0.717) is 23.5 Å². The van der Waals surface area contributed by atoms with Crippen LogP contribution in [-0.4, -0.2) is 45.7 Å². The number of hydrogen-bond donors (Lipinski definition) is 2. The Labute approximate surface area is 199 Å². The number of nitrogens with one attached hydrogen (secondary N) is 2. The predicted molar refractivity (Wildman–Crippen MR) is 135 cm³/mol. The van der Waals surface area contributed by atoms with Gasteiger partial charge in [-0.15, -0.1) is 11.3 Å². The zero-order valence-corrected chi connectivity index (χ0v) is 21.2. The third-order valence-corrected chi connectivity index (χ3v) is 8.73. The monoisotopic (exact) mass is 486 g/mol. The summed E-state index contributed by atoms with van der Waals surface area (Å²) in [6.45, 7) is 9.82. The van der Waals surface area contributed by atoms with Gasteiger partial charge in [0, 0.05) is 36.6 Å². The number of aromatic nitrogens is 1. The minimum atomic E-state index is -3.80. The van der Waals surface area contributed by atoms with E-state index < -0.39 is 10.0 Å². The SMILES string of the molecule is COc1ccc(N2C[C@@H](C)N[C@@H](C)C2)cc1NS(=O)(=O)c1cc(C)c(-c2cccc(C)n2)s1. The number of benzene rings is 1. The van der Waals surface area contributed by atoms with Gasteiger partial charge < -0.3 is 15.0 Å². The zero-order chi connectivity index (χ0) is 23.8. The molecule has 2 N–H and O–H groups in total. The summed E-state index contributed by atoms with van der Waals surface area (Å²) in [6, 6.07) is 13.8. The van der Waals surface area contributed by atoms with Crippen LogP contribution in [0.2, 0.25) is 0 Å². The van der Waals surface area contributed by atoms with Crippen molar-refractivity contribution >= 4 is 32.7 Å². The number of anilines is 2. The molecule has 2 aromatic heterocycles. The van der Waals surface area contributed by atoms with Gasteiger partial charge in [-0.25, -0.2) is 8.42 Å². The summed E-state index contributed by atoms with van der Waals surface area (Å²) in [5.74, 6) is 0.479. The highest BCUT2D eigenvalue weighted by Gasteiger charge is 2.25. The fraction of sp³-hybridized carbons (Fsp3) is 0.375. The number of aryl methyl sites for hydroxylation is 2. The van der Waals surface area contributed by atoms with Gasteiger partial charge in [0.05, 0.1) is 23.4 Å². The summed E-state index contributed by atoms with van der Waals surface area (Å²) in [6.07, 6.45) is 0. The zero-order valence-electron chi connectivity index (χ0n) is 19.5. The number of nitrogens with zero attached hydrogens (tertiary/aromatic N) is 2. The topological polar surface area (TPSA) is 83.6 Å². The molecule has 0 radical (unpaired) electrons. The fourth-order valence-corrected chi connectivity index (χ4v) is 6.78. The number of piperazine rings is 1. The Morgan fingerprint density at radius 2 is 1.85 bits per heavy atom. The third-order valence-electron chi connectivity index (χ3n) is 5.63. The molecule has 1 saturated heterocycles. The lowest BCUT2D eigenvalue weighted by atomic mass is 10.1. The van der Waals surface area contributed by atoms with Crippen molar-refractivity contribution in [1.29, 1.82) is 0 Å². The van der Waals surface area contributed by atoms with Crippen LogP contribution in [0.15, 0.2) is 46.7 Å². The van der Waals surface area contributed by atoms with Crippen LogP contribution in [0.5, 0.6) is 5.75 Å². The average molecular weight is 487 g/mol. The Bertz CT molecular complexity index is 1250. The van der Waals surface area contributed by atoms with Gasteiger partial charge in [0.2, 0.25) is 0 Å². The van der Waals surface area contributed by atoms with Crippen molar-refractivity contribution in [3.63, 3.8) is 0 Å². The van der Waals surface area contributed by atoms with E-state index in [1.165, 1.54) is 11.3 Å². The minimum absolute atomic E-state index is 0.246. The van der Waals surface area contributed by atoms with Gasteiger partial charge in [-0.1, -0.05) is 6.07 Å². The van der Waals surface area contributed by atoms with Crippen molar-refractivity contribution in [3.8, 4) is 16.3 Å². The molecule has 1 fully saturated rings. The van der Waals surface area contributed by atoms with Crippen LogP contribution in [0.4, 0.5) is 11.4 Å². The van der Waals surface area contributed by atoms with Gasteiger partial charge in [-0.2, -0.15) is 0 Å². The van der Waals surface area contributed by atoms with E-state index in [2.05, 4.69) is 33.8 Å². The molecule has 3 aromatic rings. The second-order valence-corrected chi connectivity index (χ2v) is 11.6. The molecule has 0 saturated carbocycles. The van der Waals surface area contributed by atoms with Crippen LogP contribution in [0.3, 0.4) is 0 Å². The number of ether oxygens (including phenoxy) is 1. The molecule has 7 nitrogen and oxygen atoms in total. The Hall–Kier alpha value is -2.62. The molecule has 3 heterocycles. The molecular formula is C24H30N4O3S2. The maximum atomic E-state index is 13.3. The van der Waals surface area contributed by atoms with Gasteiger partial charge >= 0.3 is 0 Å². The lowest BCUT2D eigenvalue weighted by molar-refractivity contribution is 0.406. The standard InChI is InChI=1S/C24H30N4O3S2/c1-15-11-23(32-24(15)20-8-6-7-16(2)26-20)33(29,30)27-21-12-19(9-10-22(21)31-5)28-13-17(3)25-18(4)14-28/h6-12,17-18,25,27H,13-14H2,1-5H3/t17-,18+. The van der Waals surface area contributed by atoms with Crippen LogP contribution in [0.25, 0.3) is 10.6 Å². The number of thiophene rings is 1. The van der Waals surface area contributed by atoms with Crippen molar-refractivity contribution in [3.05, 3.63) is 53.7 Å². The van der Waals surface area contributed by atoms with Gasteiger partial charge in [0.15, 0.2) is 0 Å². The Morgan fingerprint density at radius 1 is 1.12 bits per heavy atom.